The number of esters is 1. The summed E-state index contributed by atoms with van der Waals surface area (Å²) in [5.41, 5.74) is -1.91. The molecular formula is C17H16F3N3O3S. The first kappa shape index (κ1) is 19.3. The fraction of sp³-hybridized carbons (Fsp3) is 0.353. The number of halogens is 3. The number of alkyl halides is 3. The van der Waals surface area contributed by atoms with Gasteiger partial charge >= 0.3 is 12.1 Å². The fourth-order valence-corrected chi connectivity index (χ4v) is 3.34. The Morgan fingerprint density at radius 3 is 2.63 bits per heavy atom. The molecule has 1 aromatic heterocycles. The van der Waals surface area contributed by atoms with Gasteiger partial charge in [0.1, 0.15) is 0 Å². The number of anilines is 1. The molecule has 10 heteroatoms. The summed E-state index contributed by atoms with van der Waals surface area (Å²) in [6, 6.07) is 6.77. The van der Waals surface area contributed by atoms with Gasteiger partial charge in [-0.05, 0) is 19.4 Å². The van der Waals surface area contributed by atoms with Crippen molar-refractivity contribution in [1.29, 1.82) is 0 Å². The lowest BCUT2D eigenvalue weighted by Gasteiger charge is -2.32. The number of aryl methyl sites for hydroxylation is 1. The van der Waals surface area contributed by atoms with Crippen LogP contribution in [0.3, 0.4) is 0 Å². The zero-order valence-corrected chi connectivity index (χ0v) is 15.3. The van der Waals surface area contributed by atoms with Crippen LogP contribution >= 0.6 is 11.3 Å². The molecule has 1 aliphatic rings. The van der Waals surface area contributed by atoms with Gasteiger partial charge in [-0.25, -0.2) is 9.78 Å². The van der Waals surface area contributed by atoms with Crippen LogP contribution in [0.2, 0.25) is 0 Å². The van der Waals surface area contributed by atoms with E-state index in [9.17, 15) is 23.1 Å². The Balaban J connectivity index is 2.01. The van der Waals surface area contributed by atoms with Crippen molar-refractivity contribution >= 4 is 28.1 Å². The highest BCUT2D eigenvalue weighted by Gasteiger charge is 2.62. The third-order valence-corrected chi connectivity index (χ3v) is 4.80. The summed E-state index contributed by atoms with van der Waals surface area (Å²) in [5.74, 6) is -0.752. The second-order valence-electron chi connectivity index (χ2n) is 5.95. The zero-order valence-electron chi connectivity index (χ0n) is 14.4. The van der Waals surface area contributed by atoms with Crippen molar-refractivity contribution in [2.24, 2.45) is 5.10 Å². The molecule has 3 rings (SSSR count). The number of benzene rings is 1. The van der Waals surface area contributed by atoms with Crippen molar-refractivity contribution in [3.05, 3.63) is 46.5 Å². The van der Waals surface area contributed by atoms with Gasteiger partial charge in [0, 0.05) is 5.38 Å². The van der Waals surface area contributed by atoms with Crippen molar-refractivity contribution in [2.75, 3.05) is 11.6 Å². The molecule has 0 spiro atoms. The smallest absolute Gasteiger partial charge is 0.438 e. The molecule has 2 aromatic rings. The van der Waals surface area contributed by atoms with Crippen LogP contribution in [-0.4, -0.2) is 40.3 Å². The van der Waals surface area contributed by atoms with Crippen LogP contribution in [0.25, 0.3) is 0 Å². The van der Waals surface area contributed by atoms with E-state index in [0.29, 0.717) is 10.6 Å². The minimum atomic E-state index is -4.99. The third-order valence-electron chi connectivity index (χ3n) is 3.98. The van der Waals surface area contributed by atoms with Crippen LogP contribution in [0.5, 0.6) is 0 Å². The highest BCUT2D eigenvalue weighted by atomic mass is 32.1. The van der Waals surface area contributed by atoms with Gasteiger partial charge in [0.2, 0.25) is 5.13 Å². The number of aliphatic hydroxyl groups is 1. The molecule has 0 bridgehead atoms. The summed E-state index contributed by atoms with van der Waals surface area (Å²) >= 11 is 0.766. The van der Waals surface area contributed by atoms with E-state index < -0.39 is 24.3 Å². The molecule has 1 aliphatic heterocycles. The SMILES string of the molecule is CCOC(=O)c1csc(N2N=C(c3ccc(C)cc3)C[C@@]2(O)C(F)(F)F)n1. The molecule has 0 amide bonds. The molecule has 1 atom stereocenters. The maximum absolute atomic E-state index is 13.6. The second kappa shape index (κ2) is 6.93. The first-order chi connectivity index (χ1) is 12.7. The number of hydrogen-bond donors (Lipinski definition) is 1. The highest BCUT2D eigenvalue weighted by molar-refractivity contribution is 7.14. The number of hydrogen-bond acceptors (Lipinski definition) is 7. The van der Waals surface area contributed by atoms with Crippen LogP contribution in [-0.2, 0) is 4.74 Å². The number of hydrazone groups is 1. The number of carbonyl (C=O) groups is 1. The number of carbonyl (C=O) groups excluding carboxylic acids is 1. The van der Waals surface area contributed by atoms with E-state index in [1.807, 2.05) is 6.92 Å². The molecule has 144 valence electrons. The quantitative estimate of drug-likeness (QED) is 0.797. The number of nitrogens with zero attached hydrogens (tertiary/aromatic N) is 3. The topological polar surface area (TPSA) is 75.0 Å². The molecule has 0 fully saturated rings. The number of aromatic nitrogens is 1. The van der Waals surface area contributed by atoms with Gasteiger partial charge in [-0.2, -0.15) is 23.3 Å². The lowest BCUT2D eigenvalue weighted by Crippen LogP contribution is -2.55. The Morgan fingerprint density at radius 2 is 2.04 bits per heavy atom. The molecule has 0 saturated heterocycles. The molecule has 1 N–H and O–H groups in total. The zero-order chi connectivity index (χ0) is 19.8. The second-order valence-corrected chi connectivity index (χ2v) is 6.79. The van der Waals surface area contributed by atoms with E-state index in [1.54, 1.807) is 31.2 Å². The largest absolute Gasteiger partial charge is 0.461 e. The van der Waals surface area contributed by atoms with Gasteiger partial charge < -0.3 is 9.84 Å². The minimum Gasteiger partial charge on any atom is -0.461 e. The first-order valence-corrected chi connectivity index (χ1v) is 8.90. The summed E-state index contributed by atoms with van der Waals surface area (Å²) in [7, 11) is 0. The van der Waals surface area contributed by atoms with Gasteiger partial charge in [-0.3, -0.25) is 0 Å². The van der Waals surface area contributed by atoms with E-state index in [0.717, 1.165) is 16.9 Å². The molecule has 0 aliphatic carbocycles. The van der Waals surface area contributed by atoms with Crippen molar-refractivity contribution in [2.45, 2.75) is 32.2 Å². The Bertz CT molecular complexity index is 880. The van der Waals surface area contributed by atoms with Crippen molar-refractivity contribution < 1.29 is 27.8 Å². The monoisotopic (exact) mass is 399 g/mol. The van der Waals surface area contributed by atoms with Crippen LogP contribution in [0.4, 0.5) is 18.3 Å². The summed E-state index contributed by atoms with van der Waals surface area (Å²) < 4.78 is 45.7. The molecule has 27 heavy (non-hydrogen) atoms. The Kier molecular flexibility index (Phi) is 4.96. The van der Waals surface area contributed by atoms with E-state index in [1.165, 1.54) is 5.38 Å². The summed E-state index contributed by atoms with van der Waals surface area (Å²) in [6.07, 6.45) is -5.74. The Hall–Kier alpha value is -2.46. The van der Waals surface area contributed by atoms with Crippen molar-refractivity contribution in [3.8, 4) is 0 Å². The van der Waals surface area contributed by atoms with E-state index >= 15 is 0 Å². The standard InChI is InChI=1S/C17H16F3N3O3S/c1-3-26-14(24)13-9-27-15(21-13)23-16(25,17(18,19)20)8-12(22-23)11-6-4-10(2)5-7-11/h4-7,9,25H,3,8H2,1-2H3/t16-/m1/s1. The van der Waals surface area contributed by atoms with Gasteiger partial charge in [-0.15, -0.1) is 11.3 Å². The average Bonchev–Trinajstić information content (AvgIpc) is 3.20. The number of ether oxygens (including phenoxy) is 1. The molecule has 6 nitrogen and oxygen atoms in total. The van der Waals surface area contributed by atoms with Gasteiger partial charge in [-0.1, -0.05) is 29.8 Å². The summed E-state index contributed by atoms with van der Waals surface area (Å²) in [6.45, 7) is 3.56. The van der Waals surface area contributed by atoms with E-state index in [4.69, 9.17) is 4.74 Å². The normalized spacial score (nSPS) is 19.9. The Labute approximate surface area is 156 Å². The number of thiazole rings is 1. The highest BCUT2D eigenvalue weighted by Crippen LogP contribution is 2.44. The molecule has 0 saturated carbocycles. The lowest BCUT2D eigenvalue weighted by atomic mass is 10.0. The van der Waals surface area contributed by atoms with Gasteiger partial charge in [0.25, 0.3) is 5.72 Å². The van der Waals surface area contributed by atoms with Crippen LogP contribution in [0.1, 0.15) is 35.0 Å². The predicted molar refractivity (Wildman–Crippen MR) is 93.9 cm³/mol. The van der Waals surface area contributed by atoms with Crippen molar-refractivity contribution in [3.63, 3.8) is 0 Å². The fourth-order valence-electron chi connectivity index (χ4n) is 2.53. The molecule has 0 radical (unpaired) electrons. The average molecular weight is 399 g/mol. The molecule has 1 aromatic carbocycles. The van der Waals surface area contributed by atoms with E-state index in [-0.39, 0.29) is 23.1 Å². The van der Waals surface area contributed by atoms with Crippen LogP contribution < -0.4 is 5.01 Å². The van der Waals surface area contributed by atoms with Crippen molar-refractivity contribution in [1.82, 2.24) is 4.98 Å². The Morgan fingerprint density at radius 1 is 1.37 bits per heavy atom. The maximum Gasteiger partial charge on any atom is 0.438 e. The first-order valence-electron chi connectivity index (χ1n) is 8.02. The van der Waals surface area contributed by atoms with Crippen LogP contribution in [0, 0.1) is 6.92 Å². The van der Waals surface area contributed by atoms with Crippen LogP contribution in [0.15, 0.2) is 34.7 Å². The third kappa shape index (κ3) is 3.54. The number of rotatable bonds is 4. The minimum absolute atomic E-state index is 0.0720. The maximum atomic E-state index is 13.6. The summed E-state index contributed by atoms with van der Waals surface area (Å²) in [5, 5.41) is 15.8. The van der Waals surface area contributed by atoms with Gasteiger partial charge in [0.15, 0.2) is 5.69 Å². The predicted octanol–water partition coefficient (Wildman–Crippen LogP) is 3.49. The molecule has 0 unspecified atom stereocenters. The molecule has 2 heterocycles. The van der Waals surface area contributed by atoms with E-state index in [2.05, 4.69) is 10.1 Å². The summed E-state index contributed by atoms with van der Waals surface area (Å²) in [4.78, 5) is 15.6. The molecular weight excluding hydrogens is 383 g/mol. The van der Waals surface area contributed by atoms with Gasteiger partial charge in [0.05, 0.1) is 18.7 Å². The lowest BCUT2D eigenvalue weighted by molar-refractivity contribution is -0.254.